The van der Waals surface area contributed by atoms with Crippen molar-refractivity contribution in [3.8, 4) is 0 Å². The molecule has 2 nitrogen and oxygen atoms in total. The number of nitrogens with zero attached hydrogens (tertiary/aromatic N) is 1. The van der Waals surface area contributed by atoms with Gasteiger partial charge in [0.2, 0.25) is 0 Å². The van der Waals surface area contributed by atoms with Crippen LogP contribution in [0.15, 0.2) is 4.99 Å². The fourth-order valence-corrected chi connectivity index (χ4v) is 0.0913. The molecular weight excluding hydrogens is 121 g/mol. The van der Waals surface area contributed by atoms with Crippen LogP contribution in [0.1, 0.15) is 0 Å². The summed E-state index contributed by atoms with van der Waals surface area (Å²) in [6.45, 7) is 0. The number of hydrogen-bond donors (Lipinski definition) is 0. The smallest absolute Gasteiger partial charge is 0.722 e. The van der Waals surface area contributed by atoms with Crippen molar-refractivity contribution in [3.63, 3.8) is 0 Å². The molecule has 0 rings (SSSR count). The molecule has 36 valence electrons. The molecule has 0 aliphatic heterocycles. The number of rotatable bonds is 0. The van der Waals surface area contributed by atoms with Crippen LogP contribution in [0.25, 0.3) is 0 Å². The standard InChI is InChI=1S/C3H7NOS.Na/c1-4-3(6)5-2;/h1-2H3,(H,4,6);/q;+1/p-1. The van der Waals surface area contributed by atoms with Gasteiger partial charge in [-0.3, -0.25) is 4.99 Å². The number of aliphatic imine (C=N–C) groups is 1. The molecule has 0 spiro atoms. The average molecular weight is 127 g/mol. The zero-order valence-electron chi connectivity index (χ0n) is 4.76. The molecule has 0 atom stereocenters. The fraction of sp³-hybridized carbons (Fsp3) is 0.667. The third kappa shape index (κ3) is 6.69. The van der Waals surface area contributed by atoms with Crippen LogP contribution in [-0.4, -0.2) is 19.4 Å². The van der Waals surface area contributed by atoms with E-state index in [1.165, 1.54) is 7.11 Å². The van der Waals surface area contributed by atoms with Gasteiger partial charge in [0.15, 0.2) is 0 Å². The van der Waals surface area contributed by atoms with Gasteiger partial charge >= 0.3 is 29.6 Å². The maximum Gasteiger partial charge on any atom is 1.00 e. The second kappa shape index (κ2) is 6.69. The van der Waals surface area contributed by atoms with Gasteiger partial charge in [-0.2, -0.15) is 0 Å². The van der Waals surface area contributed by atoms with Gasteiger partial charge in [0.1, 0.15) is 0 Å². The normalized spacial score (nSPS) is 9.71. The Labute approximate surface area is 71.0 Å². The summed E-state index contributed by atoms with van der Waals surface area (Å²) in [6, 6.07) is 0. The molecule has 4 heteroatoms. The molecule has 0 N–H and O–H groups in total. The quantitative estimate of drug-likeness (QED) is 0.151. The minimum atomic E-state index is 0. The van der Waals surface area contributed by atoms with Gasteiger partial charge in [0.25, 0.3) is 0 Å². The van der Waals surface area contributed by atoms with Gasteiger partial charge in [-0.05, 0) is 0 Å². The molecule has 7 heavy (non-hydrogen) atoms. The van der Waals surface area contributed by atoms with E-state index in [1.54, 1.807) is 7.05 Å². The first kappa shape index (κ1) is 10.6. The Morgan fingerprint density at radius 1 is 1.71 bits per heavy atom. The van der Waals surface area contributed by atoms with Crippen LogP contribution >= 0.6 is 0 Å². The van der Waals surface area contributed by atoms with E-state index in [-0.39, 0.29) is 29.6 Å². The van der Waals surface area contributed by atoms with Crippen LogP contribution in [-0.2, 0) is 17.4 Å². The first-order valence-corrected chi connectivity index (χ1v) is 1.90. The van der Waals surface area contributed by atoms with E-state index in [9.17, 15) is 0 Å². The van der Waals surface area contributed by atoms with Gasteiger partial charge in [-0.1, -0.05) is 0 Å². The molecule has 0 fully saturated rings. The van der Waals surface area contributed by atoms with Gasteiger partial charge in [-0.25, -0.2) is 0 Å². The molecule has 0 aliphatic carbocycles. The average Bonchev–Trinajstić information content (AvgIpc) is 1.65. The summed E-state index contributed by atoms with van der Waals surface area (Å²) in [5.74, 6) is 0. The third-order valence-corrected chi connectivity index (χ3v) is 0.706. The maximum atomic E-state index is 4.47. The summed E-state index contributed by atoms with van der Waals surface area (Å²) in [5.41, 5.74) is 0. The van der Waals surface area contributed by atoms with E-state index in [2.05, 4.69) is 22.4 Å². The zero-order valence-corrected chi connectivity index (χ0v) is 7.58. The Morgan fingerprint density at radius 3 is 2.14 bits per heavy atom. The van der Waals surface area contributed by atoms with Gasteiger partial charge in [0.05, 0.1) is 12.3 Å². The van der Waals surface area contributed by atoms with E-state index >= 15 is 0 Å². The second-order valence-electron chi connectivity index (χ2n) is 0.694. The molecule has 0 aliphatic rings. The third-order valence-electron chi connectivity index (χ3n) is 0.357. The van der Waals surface area contributed by atoms with Crippen molar-refractivity contribution in [3.05, 3.63) is 0 Å². The van der Waals surface area contributed by atoms with Crippen LogP contribution in [0.3, 0.4) is 0 Å². The first-order chi connectivity index (χ1) is 2.81. The summed E-state index contributed by atoms with van der Waals surface area (Å²) >= 11 is 4.47. The van der Waals surface area contributed by atoms with E-state index in [1.807, 2.05) is 0 Å². The molecule has 0 amide bonds. The van der Waals surface area contributed by atoms with E-state index in [0.717, 1.165) is 0 Å². The van der Waals surface area contributed by atoms with E-state index < -0.39 is 0 Å². The fourth-order valence-electron chi connectivity index (χ4n) is 0.0913. The van der Waals surface area contributed by atoms with Crippen LogP contribution in [0.2, 0.25) is 0 Å². The molecular formula is C3H6NNaOS. The van der Waals surface area contributed by atoms with Crippen LogP contribution in [0, 0.1) is 0 Å². The second-order valence-corrected chi connectivity index (χ2v) is 1.04. The van der Waals surface area contributed by atoms with Crippen LogP contribution in [0.5, 0.6) is 0 Å². The Bertz CT molecular complexity index is 66.0. The maximum absolute atomic E-state index is 4.47. The van der Waals surface area contributed by atoms with Crippen molar-refractivity contribution in [1.29, 1.82) is 0 Å². The molecule has 0 bridgehead atoms. The Hall–Kier alpha value is 0.690. The Balaban J connectivity index is 0. The molecule has 0 aromatic heterocycles. The summed E-state index contributed by atoms with van der Waals surface area (Å²) < 4.78 is 4.46. The topological polar surface area (TPSA) is 21.6 Å². The zero-order chi connectivity index (χ0) is 4.99. The van der Waals surface area contributed by atoms with Crippen molar-refractivity contribution < 1.29 is 34.3 Å². The van der Waals surface area contributed by atoms with E-state index in [0.29, 0.717) is 5.23 Å². The summed E-state index contributed by atoms with van der Waals surface area (Å²) in [6.07, 6.45) is 0. The van der Waals surface area contributed by atoms with E-state index in [4.69, 9.17) is 0 Å². The molecule has 0 heterocycles. The minimum Gasteiger partial charge on any atom is -0.722 e. The van der Waals surface area contributed by atoms with Crippen LogP contribution in [0.4, 0.5) is 0 Å². The summed E-state index contributed by atoms with van der Waals surface area (Å²) in [4.78, 5) is 3.52. The van der Waals surface area contributed by atoms with Crippen molar-refractivity contribution in [2.45, 2.75) is 0 Å². The predicted octanol–water partition coefficient (Wildman–Crippen LogP) is -2.83. The number of ether oxygens (including phenoxy) is 1. The molecule has 0 saturated heterocycles. The first-order valence-electron chi connectivity index (χ1n) is 1.49. The summed E-state index contributed by atoms with van der Waals surface area (Å²) in [7, 11) is 3.08. The molecule has 0 saturated carbocycles. The molecule has 0 aromatic carbocycles. The molecule has 0 unspecified atom stereocenters. The number of hydrogen-bond acceptors (Lipinski definition) is 3. The van der Waals surface area contributed by atoms with Gasteiger partial charge in [-0.15, -0.1) is 0 Å². The van der Waals surface area contributed by atoms with Crippen molar-refractivity contribution in [2.75, 3.05) is 14.2 Å². The van der Waals surface area contributed by atoms with Crippen molar-refractivity contribution in [1.82, 2.24) is 0 Å². The number of methoxy groups -OCH3 is 1. The predicted molar refractivity (Wildman–Crippen MR) is 27.7 cm³/mol. The Kier molecular flexibility index (Phi) is 10.2. The van der Waals surface area contributed by atoms with Crippen molar-refractivity contribution in [2.24, 2.45) is 4.99 Å². The molecule has 0 radical (unpaired) electrons. The largest absolute Gasteiger partial charge is 1.00 e. The Morgan fingerprint density at radius 2 is 2.14 bits per heavy atom. The SMILES string of the molecule is CN=C([S-])OC.[Na+]. The van der Waals surface area contributed by atoms with Gasteiger partial charge < -0.3 is 17.4 Å². The van der Waals surface area contributed by atoms with Crippen LogP contribution < -0.4 is 29.6 Å². The van der Waals surface area contributed by atoms with Crippen molar-refractivity contribution >= 4 is 17.9 Å². The van der Waals surface area contributed by atoms with Gasteiger partial charge in [0, 0.05) is 7.05 Å². The minimum absolute atomic E-state index is 0. The summed E-state index contributed by atoms with van der Waals surface area (Å²) in [5, 5.41) is 0.301. The monoisotopic (exact) mass is 127 g/mol. The molecule has 0 aromatic rings.